The van der Waals surface area contributed by atoms with E-state index in [1.807, 2.05) is 12.1 Å². The van der Waals surface area contributed by atoms with E-state index in [0.717, 1.165) is 34.0 Å². The molecule has 1 amide bonds. The minimum atomic E-state index is -0.0785. The zero-order valence-electron chi connectivity index (χ0n) is 20.6. The maximum Gasteiger partial charge on any atom is 0.253 e. The second-order valence-electron chi connectivity index (χ2n) is 9.31. The molecule has 1 aliphatic heterocycles. The van der Waals surface area contributed by atoms with Crippen LogP contribution in [0.1, 0.15) is 34.0 Å². The average molecular weight is 522 g/mol. The third-order valence-electron chi connectivity index (χ3n) is 6.73. The van der Waals surface area contributed by atoms with Crippen molar-refractivity contribution >= 4 is 45.6 Å². The number of thioether (sulfide) groups is 1. The number of para-hydroxylation sites is 1. The summed E-state index contributed by atoms with van der Waals surface area (Å²) in [5.41, 5.74) is 5.75. The number of hydrogen-bond acceptors (Lipinski definition) is 4. The maximum atomic E-state index is 13.6. The summed E-state index contributed by atoms with van der Waals surface area (Å²) in [7, 11) is 0. The van der Waals surface area contributed by atoms with Gasteiger partial charge in [-0.15, -0.1) is 23.1 Å². The van der Waals surface area contributed by atoms with Crippen LogP contribution < -0.4 is 0 Å². The second kappa shape index (κ2) is 10.4. The summed E-state index contributed by atoms with van der Waals surface area (Å²) >= 11 is 3.27. The lowest BCUT2D eigenvalue weighted by Gasteiger charge is -2.22. The van der Waals surface area contributed by atoms with Crippen LogP contribution in [-0.4, -0.2) is 26.9 Å². The molecule has 0 radical (unpaired) electrons. The highest BCUT2D eigenvalue weighted by molar-refractivity contribution is 8.00. The second-order valence-corrected chi connectivity index (χ2v) is 11.3. The molecule has 2 aromatic heterocycles. The zero-order chi connectivity index (χ0) is 25.2. The highest BCUT2D eigenvalue weighted by Gasteiger charge is 2.33. The molecule has 4 nitrogen and oxygen atoms in total. The number of nitrogens with zero attached hydrogens (tertiary/aromatic N) is 3. The molecule has 6 heteroatoms. The van der Waals surface area contributed by atoms with Gasteiger partial charge in [0.05, 0.1) is 22.4 Å². The van der Waals surface area contributed by atoms with E-state index < -0.39 is 0 Å². The Labute approximate surface area is 225 Å². The molecule has 6 rings (SSSR count). The smallest absolute Gasteiger partial charge is 0.253 e. The molecule has 0 saturated heterocycles. The molecule has 184 valence electrons. The topological polar surface area (TPSA) is 37.6 Å². The van der Waals surface area contributed by atoms with Crippen LogP contribution in [0.3, 0.4) is 0 Å². The van der Waals surface area contributed by atoms with Crippen LogP contribution in [0, 0.1) is 6.92 Å². The lowest BCUT2D eigenvalue weighted by molar-refractivity contribution is -0.130. The molecule has 0 N–H and O–H groups in total. The van der Waals surface area contributed by atoms with Crippen molar-refractivity contribution in [2.24, 2.45) is 5.10 Å². The van der Waals surface area contributed by atoms with E-state index in [1.54, 1.807) is 28.1 Å². The Hall–Kier alpha value is -3.61. The Balaban J connectivity index is 1.25. The molecule has 0 fully saturated rings. The molecule has 0 saturated carbocycles. The highest BCUT2D eigenvalue weighted by atomic mass is 32.2. The van der Waals surface area contributed by atoms with Gasteiger partial charge in [-0.3, -0.25) is 4.79 Å². The molecule has 37 heavy (non-hydrogen) atoms. The Morgan fingerprint density at radius 3 is 2.54 bits per heavy atom. The number of hydrazone groups is 1. The normalized spacial score (nSPS) is 15.3. The molecule has 0 bridgehead atoms. The molecule has 3 heterocycles. The molecule has 0 aliphatic carbocycles. The van der Waals surface area contributed by atoms with E-state index in [9.17, 15) is 4.79 Å². The van der Waals surface area contributed by atoms with Crippen molar-refractivity contribution in [1.82, 2.24) is 9.58 Å². The van der Waals surface area contributed by atoms with Crippen LogP contribution in [0.25, 0.3) is 10.9 Å². The van der Waals surface area contributed by atoms with Gasteiger partial charge in [-0.05, 0) is 35.6 Å². The van der Waals surface area contributed by atoms with E-state index in [2.05, 4.69) is 102 Å². The number of carbonyl (C=O) groups excluding carboxylic acids is 1. The van der Waals surface area contributed by atoms with Crippen molar-refractivity contribution in [3.8, 4) is 0 Å². The number of hydrogen-bond donors (Lipinski definition) is 0. The standard InChI is InChI=1S/C31H27N3OS2/c1-22-13-15-24(16-14-22)28-18-26(29-12-7-17-36-29)32-34(28)31(35)21-37-30-20-33(19-23-8-3-2-4-9-23)27-11-6-5-10-25(27)30/h2-17,20,28H,18-19,21H2,1H3/t28-/m0/s1. The third kappa shape index (κ3) is 4.99. The molecule has 0 spiro atoms. The number of aromatic nitrogens is 1. The van der Waals surface area contributed by atoms with Crippen molar-refractivity contribution in [3.63, 3.8) is 0 Å². The first kappa shape index (κ1) is 23.8. The summed E-state index contributed by atoms with van der Waals surface area (Å²) in [5, 5.41) is 9.79. The average Bonchev–Trinajstić information content (AvgIpc) is 3.68. The summed E-state index contributed by atoms with van der Waals surface area (Å²) in [4.78, 5) is 15.9. The SMILES string of the molecule is Cc1ccc([C@@H]2CC(c3cccs3)=NN2C(=O)CSc2cn(Cc3ccccc3)c3ccccc23)cc1. The van der Waals surface area contributed by atoms with Crippen LogP contribution in [0.15, 0.2) is 113 Å². The van der Waals surface area contributed by atoms with Crippen LogP contribution in [0.5, 0.6) is 0 Å². The first-order valence-corrected chi connectivity index (χ1v) is 14.3. The monoisotopic (exact) mass is 521 g/mol. The van der Waals surface area contributed by atoms with E-state index in [1.165, 1.54) is 22.0 Å². The van der Waals surface area contributed by atoms with Crippen LogP contribution in [0.2, 0.25) is 0 Å². The van der Waals surface area contributed by atoms with E-state index >= 15 is 0 Å². The van der Waals surface area contributed by atoms with Crippen molar-refractivity contribution in [3.05, 3.63) is 124 Å². The van der Waals surface area contributed by atoms with Gasteiger partial charge < -0.3 is 4.57 Å². The Morgan fingerprint density at radius 1 is 0.973 bits per heavy atom. The molecule has 1 aliphatic rings. The summed E-state index contributed by atoms with van der Waals surface area (Å²) < 4.78 is 2.27. The van der Waals surface area contributed by atoms with Crippen molar-refractivity contribution < 1.29 is 4.79 Å². The molecule has 5 aromatic rings. The minimum Gasteiger partial charge on any atom is -0.342 e. The summed E-state index contributed by atoms with van der Waals surface area (Å²) in [6.45, 7) is 2.88. The number of carbonyl (C=O) groups is 1. The first-order chi connectivity index (χ1) is 18.2. The predicted molar refractivity (Wildman–Crippen MR) is 154 cm³/mol. The zero-order valence-corrected chi connectivity index (χ0v) is 22.2. The number of thiophene rings is 1. The highest BCUT2D eigenvalue weighted by Crippen LogP contribution is 2.36. The maximum absolute atomic E-state index is 13.6. The van der Waals surface area contributed by atoms with E-state index in [-0.39, 0.29) is 11.9 Å². The molecular weight excluding hydrogens is 494 g/mol. The van der Waals surface area contributed by atoms with Gasteiger partial charge in [0.1, 0.15) is 0 Å². The van der Waals surface area contributed by atoms with Gasteiger partial charge in [-0.25, -0.2) is 5.01 Å². The van der Waals surface area contributed by atoms with Crippen LogP contribution in [-0.2, 0) is 11.3 Å². The predicted octanol–water partition coefficient (Wildman–Crippen LogP) is 7.53. The van der Waals surface area contributed by atoms with E-state index in [0.29, 0.717) is 5.75 Å². The summed E-state index contributed by atoms with van der Waals surface area (Å²) in [5.74, 6) is 0.366. The van der Waals surface area contributed by atoms with Gasteiger partial charge >= 0.3 is 0 Å². The Bertz CT molecular complexity index is 1550. The van der Waals surface area contributed by atoms with Gasteiger partial charge in [-0.2, -0.15) is 5.10 Å². The van der Waals surface area contributed by atoms with Gasteiger partial charge in [-0.1, -0.05) is 84.4 Å². The summed E-state index contributed by atoms with van der Waals surface area (Å²) in [6, 6.07) is 31.4. The van der Waals surface area contributed by atoms with Crippen LogP contribution in [0.4, 0.5) is 0 Å². The van der Waals surface area contributed by atoms with Crippen molar-refractivity contribution in [2.45, 2.75) is 30.8 Å². The molecular formula is C31H27N3OS2. The minimum absolute atomic E-state index is 0.0296. The van der Waals surface area contributed by atoms with Crippen molar-refractivity contribution in [2.75, 3.05) is 5.75 Å². The van der Waals surface area contributed by atoms with E-state index in [4.69, 9.17) is 5.10 Å². The fourth-order valence-corrected chi connectivity index (χ4v) is 6.49. The molecule has 3 aromatic carbocycles. The third-order valence-corrected chi connectivity index (χ3v) is 8.68. The van der Waals surface area contributed by atoms with Gasteiger partial charge in [0.2, 0.25) is 0 Å². The molecule has 0 unspecified atom stereocenters. The number of amides is 1. The van der Waals surface area contributed by atoms with Gasteiger partial charge in [0.25, 0.3) is 5.91 Å². The van der Waals surface area contributed by atoms with Crippen molar-refractivity contribution in [1.29, 1.82) is 0 Å². The lowest BCUT2D eigenvalue weighted by atomic mass is 10.00. The number of benzene rings is 3. The Morgan fingerprint density at radius 2 is 1.76 bits per heavy atom. The fraction of sp³-hybridized carbons (Fsp3) is 0.161. The molecule has 1 atom stereocenters. The van der Waals surface area contributed by atoms with Gasteiger partial charge in [0, 0.05) is 35.0 Å². The lowest BCUT2D eigenvalue weighted by Crippen LogP contribution is -2.28. The van der Waals surface area contributed by atoms with Crippen LogP contribution >= 0.6 is 23.1 Å². The number of aryl methyl sites for hydroxylation is 1. The quantitative estimate of drug-likeness (QED) is 0.208. The van der Waals surface area contributed by atoms with Gasteiger partial charge in [0.15, 0.2) is 0 Å². The Kier molecular flexibility index (Phi) is 6.68. The first-order valence-electron chi connectivity index (χ1n) is 12.4. The number of fused-ring (bicyclic) bond motifs is 1. The summed E-state index contributed by atoms with van der Waals surface area (Å²) in [6.07, 6.45) is 2.91. The fourth-order valence-electron chi connectivity index (χ4n) is 4.82. The number of rotatable bonds is 7. The largest absolute Gasteiger partial charge is 0.342 e.